The van der Waals surface area contributed by atoms with Crippen molar-refractivity contribution in [3.63, 3.8) is 0 Å². The van der Waals surface area contributed by atoms with Crippen LogP contribution in [0.3, 0.4) is 0 Å². The van der Waals surface area contributed by atoms with Crippen LogP contribution in [0, 0.1) is 5.41 Å². The molecule has 0 aliphatic rings. The molecular weight excluding hydrogens is 291 g/mol. The maximum Gasteiger partial charge on any atom is 0.433 e. The van der Waals surface area contributed by atoms with Crippen molar-refractivity contribution in [2.45, 2.75) is 52.8 Å². The molecule has 0 amide bonds. The van der Waals surface area contributed by atoms with Crippen molar-refractivity contribution in [3.05, 3.63) is 16.9 Å². The van der Waals surface area contributed by atoms with E-state index in [0.29, 0.717) is 6.07 Å². The van der Waals surface area contributed by atoms with Gasteiger partial charge in [0.25, 0.3) is 0 Å². The van der Waals surface area contributed by atoms with Gasteiger partial charge in [-0.2, -0.15) is 13.2 Å². The van der Waals surface area contributed by atoms with E-state index in [2.05, 4.69) is 36.1 Å². The monoisotopic (exact) mass is 309 g/mol. The Bertz CT molecular complexity index is 479. The van der Waals surface area contributed by atoms with Gasteiger partial charge >= 0.3 is 6.18 Å². The van der Waals surface area contributed by atoms with Gasteiger partial charge < -0.3 is 5.32 Å². The van der Waals surface area contributed by atoms with Gasteiger partial charge in [-0.25, -0.2) is 9.97 Å². The summed E-state index contributed by atoms with van der Waals surface area (Å²) in [7, 11) is 0. The predicted molar refractivity (Wildman–Crippen MR) is 73.8 cm³/mol. The van der Waals surface area contributed by atoms with Gasteiger partial charge in [-0.05, 0) is 25.7 Å². The molecule has 1 N–H and O–H groups in total. The lowest BCUT2D eigenvalue weighted by atomic mass is 9.82. The minimum atomic E-state index is -4.54. The highest BCUT2D eigenvalue weighted by molar-refractivity contribution is 6.29. The molecule has 0 saturated carbocycles. The quantitative estimate of drug-likeness (QED) is 0.817. The number of aromatic nitrogens is 2. The van der Waals surface area contributed by atoms with Gasteiger partial charge in [-0.1, -0.05) is 32.4 Å². The van der Waals surface area contributed by atoms with Crippen LogP contribution in [0.2, 0.25) is 5.15 Å². The van der Waals surface area contributed by atoms with E-state index in [0.717, 1.165) is 6.42 Å². The van der Waals surface area contributed by atoms with E-state index in [9.17, 15) is 13.2 Å². The van der Waals surface area contributed by atoms with Crippen molar-refractivity contribution in [3.8, 4) is 0 Å². The number of hydrogen-bond acceptors (Lipinski definition) is 3. The maximum absolute atomic E-state index is 12.7. The molecule has 0 saturated heterocycles. The van der Waals surface area contributed by atoms with Crippen LogP contribution in [0.4, 0.5) is 19.1 Å². The summed E-state index contributed by atoms with van der Waals surface area (Å²) in [4.78, 5) is 7.29. The second-order valence-corrected chi connectivity index (χ2v) is 7.03. The third kappa shape index (κ3) is 5.53. The van der Waals surface area contributed by atoms with Crippen LogP contribution < -0.4 is 5.32 Å². The van der Waals surface area contributed by atoms with Crippen LogP contribution in [0.25, 0.3) is 0 Å². The molecule has 7 heteroatoms. The Morgan fingerprint density at radius 3 is 2.10 bits per heavy atom. The van der Waals surface area contributed by atoms with Gasteiger partial charge in [0, 0.05) is 11.6 Å². The van der Waals surface area contributed by atoms with E-state index < -0.39 is 17.4 Å². The molecule has 1 aromatic rings. The molecule has 0 atom stereocenters. The van der Waals surface area contributed by atoms with Gasteiger partial charge in [-0.15, -0.1) is 0 Å². The predicted octanol–water partition coefficient (Wildman–Crippen LogP) is 4.78. The Morgan fingerprint density at radius 2 is 1.65 bits per heavy atom. The first-order chi connectivity index (χ1) is 8.78. The molecule has 3 nitrogen and oxygen atoms in total. The first kappa shape index (κ1) is 17.0. The summed E-state index contributed by atoms with van der Waals surface area (Å²) in [6.07, 6.45) is -3.81. The molecule has 0 aliphatic carbocycles. The van der Waals surface area contributed by atoms with E-state index >= 15 is 0 Å². The summed E-state index contributed by atoms with van der Waals surface area (Å²) in [5.41, 5.74) is -1.49. The molecule has 0 bridgehead atoms. The molecule has 1 heterocycles. The van der Waals surface area contributed by atoms with Gasteiger partial charge in [0.15, 0.2) is 5.69 Å². The number of alkyl halides is 3. The van der Waals surface area contributed by atoms with E-state index in [1.165, 1.54) is 0 Å². The summed E-state index contributed by atoms with van der Waals surface area (Å²) < 4.78 is 38.0. The van der Waals surface area contributed by atoms with Crippen molar-refractivity contribution in [1.82, 2.24) is 9.97 Å². The van der Waals surface area contributed by atoms with Crippen LogP contribution in [0.15, 0.2) is 6.07 Å². The molecular formula is C13H19ClF3N3. The number of rotatable bonds is 3. The smallest absolute Gasteiger partial charge is 0.349 e. The van der Waals surface area contributed by atoms with Crippen molar-refractivity contribution in [2.75, 3.05) is 5.32 Å². The molecule has 114 valence electrons. The fourth-order valence-corrected chi connectivity index (χ4v) is 2.47. The number of anilines is 1. The minimum absolute atomic E-state index is 0.0158. The fraction of sp³-hybridized carbons (Fsp3) is 0.692. The highest BCUT2D eigenvalue weighted by atomic mass is 35.5. The Morgan fingerprint density at radius 1 is 1.10 bits per heavy atom. The third-order valence-corrected chi connectivity index (χ3v) is 2.60. The summed E-state index contributed by atoms with van der Waals surface area (Å²) >= 11 is 5.63. The Kier molecular flexibility index (Phi) is 4.58. The zero-order valence-electron chi connectivity index (χ0n) is 12.2. The molecule has 0 fully saturated rings. The van der Waals surface area contributed by atoms with Crippen LogP contribution in [0.1, 0.15) is 46.7 Å². The largest absolute Gasteiger partial charge is 0.433 e. The summed E-state index contributed by atoms with van der Waals surface area (Å²) in [6.45, 7) is 9.93. The number of hydrogen-bond donors (Lipinski definition) is 1. The molecule has 0 radical (unpaired) electrons. The lowest BCUT2D eigenvalue weighted by Gasteiger charge is -2.33. The second kappa shape index (κ2) is 5.39. The third-order valence-electron chi connectivity index (χ3n) is 2.41. The summed E-state index contributed by atoms with van der Waals surface area (Å²) in [5, 5.41) is 2.69. The highest BCUT2D eigenvalue weighted by Gasteiger charge is 2.34. The standard InChI is InChI=1S/C13H19ClF3N3/c1-11(2,3)7-12(4,5)20-10-18-8(13(15,16)17)6-9(14)19-10/h6H,7H2,1-5H3,(H,18,19,20). The molecule has 1 aromatic heterocycles. The normalized spacial score (nSPS) is 13.4. The second-order valence-electron chi connectivity index (χ2n) is 6.64. The molecule has 0 spiro atoms. The van der Waals surface area contributed by atoms with Crippen LogP contribution in [-0.4, -0.2) is 15.5 Å². The van der Waals surface area contributed by atoms with Crippen molar-refractivity contribution in [2.24, 2.45) is 5.41 Å². The van der Waals surface area contributed by atoms with Gasteiger partial charge in [-0.3, -0.25) is 0 Å². The van der Waals surface area contributed by atoms with Gasteiger partial charge in [0.1, 0.15) is 5.15 Å². The van der Waals surface area contributed by atoms with E-state index in [1.54, 1.807) is 0 Å². The lowest BCUT2D eigenvalue weighted by Crippen LogP contribution is -2.36. The average molecular weight is 310 g/mol. The molecule has 1 rings (SSSR count). The van der Waals surface area contributed by atoms with Crippen LogP contribution in [-0.2, 0) is 6.18 Å². The highest BCUT2D eigenvalue weighted by Crippen LogP contribution is 2.32. The topological polar surface area (TPSA) is 37.8 Å². The summed E-state index contributed by atoms with van der Waals surface area (Å²) in [6, 6.07) is 0.712. The molecule has 0 unspecified atom stereocenters. The molecule has 0 aliphatic heterocycles. The van der Waals surface area contributed by atoms with Crippen molar-refractivity contribution in [1.29, 1.82) is 0 Å². The number of nitrogens with zero attached hydrogens (tertiary/aromatic N) is 2. The van der Waals surface area contributed by atoms with E-state index in [-0.39, 0.29) is 16.5 Å². The average Bonchev–Trinajstić information content (AvgIpc) is 2.09. The minimum Gasteiger partial charge on any atom is -0.349 e. The Labute approximate surface area is 122 Å². The van der Waals surface area contributed by atoms with Gasteiger partial charge in [0.05, 0.1) is 0 Å². The van der Waals surface area contributed by atoms with Crippen LogP contribution >= 0.6 is 11.6 Å². The Balaban J connectivity index is 3.01. The first-order valence-electron chi connectivity index (χ1n) is 6.18. The number of nitrogens with one attached hydrogen (secondary N) is 1. The van der Waals surface area contributed by atoms with Crippen molar-refractivity contribution >= 4 is 17.5 Å². The lowest BCUT2D eigenvalue weighted by molar-refractivity contribution is -0.141. The van der Waals surface area contributed by atoms with Crippen molar-refractivity contribution < 1.29 is 13.2 Å². The molecule has 20 heavy (non-hydrogen) atoms. The number of halogens is 4. The first-order valence-corrected chi connectivity index (χ1v) is 6.56. The van der Waals surface area contributed by atoms with E-state index in [1.807, 2.05) is 13.8 Å². The molecule has 0 aromatic carbocycles. The SMILES string of the molecule is CC(C)(C)CC(C)(C)Nc1nc(Cl)cc(C(F)(F)F)n1. The zero-order chi connectivity index (χ0) is 15.8. The van der Waals surface area contributed by atoms with Crippen LogP contribution in [0.5, 0.6) is 0 Å². The Hall–Kier alpha value is -1.04. The van der Waals surface area contributed by atoms with E-state index in [4.69, 9.17) is 11.6 Å². The fourth-order valence-electron chi connectivity index (χ4n) is 2.29. The zero-order valence-corrected chi connectivity index (χ0v) is 12.9. The summed E-state index contributed by atoms with van der Waals surface area (Å²) in [5.74, 6) is -0.112. The van der Waals surface area contributed by atoms with Gasteiger partial charge in [0.2, 0.25) is 5.95 Å². The maximum atomic E-state index is 12.7.